The maximum absolute atomic E-state index is 3.70. The highest BCUT2D eigenvalue weighted by molar-refractivity contribution is 5.32. The molecule has 0 atom stereocenters. The molecule has 0 saturated carbocycles. The zero-order chi connectivity index (χ0) is 7.40. The molecule has 0 heteroatoms. The Morgan fingerprint density at radius 3 is 2.70 bits per heavy atom. The summed E-state index contributed by atoms with van der Waals surface area (Å²) in [5, 5.41) is 0. The molecule has 0 fully saturated rings. The second-order valence-electron chi connectivity index (χ2n) is 3.10. The largest absolute Gasteiger partial charge is 0.103 e. The van der Waals surface area contributed by atoms with E-state index in [1.807, 2.05) is 6.08 Å². The Hall–Kier alpha value is -0.520. The van der Waals surface area contributed by atoms with Crippen molar-refractivity contribution in [3.8, 4) is 0 Å². The van der Waals surface area contributed by atoms with Gasteiger partial charge in [0.05, 0.1) is 0 Å². The average molecular weight is 136 g/mol. The lowest BCUT2D eigenvalue weighted by Gasteiger charge is -1.91. The minimum atomic E-state index is 1.19. The highest BCUT2D eigenvalue weighted by Gasteiger charge is 2.14. The van der Waals surface area contributed by atoms with E-state index in [1.54, 1.807) is 11.1 Å². The van der Waals surface area contributed by atoms with Crippen LogP contribution in [0.4, 0.5) is 0 Å². The molecule has 0 unspecified atom stereocenters. The fourth-order valence-corrected chi connectivity index (χ4v) is 1.20. The molecule has 0 aromatic heterocycles. The number of rotatable bonds is 5. The summed E-state index contributed by atoms with van der Waals surface area (Å²) >= 11 is 0. The van der Waals surface area contributed by atoms with E-state index in [1.165, 1.54) is 32.1 Å². The molecular weight excluding hydrogens is 120 g/mol. The summed E-state index contributed by atoms with van der Waals surface area (Å²) in [7, 11) is 0. The molecule has 0 spiro atoms. The summed E-state index contributed by atoms with van der Waals surface area (Å²) < 4.78 is 0. The predicted octanol–water partition coefficient (Wildman–Crippen LogP) is 3.45. The van der Waals surface area contributed by atoms with Crippen molar-refractivity contribution in [2.24, 2.45) is 0 Å². The Morgan fingerprint density at radius 2 is 2.20 bits per heavy atom. The maximum Gasteiger partial charge on any atom is -0.0106 e. The Kier molecular flexibility index (Phi) is 2.73. The third-order valence-electron chi connectivity index (χ3n) is 2.09. The minimum absolute atomic E-state index is 1.19. The van der Waals surface area contributed by atoms with Crippen molar-refractivity contribution in [2.75, 3.05) is 0 Å². The lowest BCUT2D eigenvalue weighted by molar-refractivity contribution is 0.751. The predicted molar refractivity (Wildman–Crippen MR) is 46.0 cm³/mol. The Morgan fingerprint density at radius 1 is 1.50 bits per heavy atom. The van der Waals surface area contributed by atoms with Crippen LogP contribution in [0.2, 0.25) is 0 Å². The van der Waals surface area contributed by atoms with Crippen molar-refractivity contribution >= 4 is 0 Å². The number of hydrogen-bond donors (Lipinski definition) is 0. The zero-order valence-corrected chi connectivity index (χ0v) is 6.82. The van der Waals surface area contributed by atoms with Crippen LogP contribution in [0.5, 0.6) is 0 Å². The van der Waals surface area contributed by atoms with E-state index >= 15 is 0 Å². The van der Waals surface area contributed by atoms with E-state index in [9.17, 15) is 0 Å². The van der Waals surface area contributed by atoms with Gasteiger partial charge in [0.25, 0.3) is 0 Å². The van der Waals surface area contributed by atoms with Gasteiger partial charge in [-0.25, -0.2) is 0 Å². The molecule has 10 heavy (non-hydrogen) atoms. The topological polar surface area (TPSA) is 0 Å². The molecule has 0 aromatic carbocycles. The Balaban J connectivity index is 1.91. The summed E-state index contributed by atoms with van der Waals surface area (Å²) in [6.45, 7) is 5.93. The molecule has 0 bridgehead atoms. The molecule has 0 radical (unpaired) electrons. The fourth-order valence-electron chi connectivity index (χ4n) is 1.20. The van der Waals surface area contributed by atoms with Gasteiger partial charge in [-0.05, 0) is 39.0 Å². The SMILES string of the molecule is C=CCCCCC1=C(C)C1. The maximum atomic E-state index is 3.70. The first-order chi connectivity index (χ1) is 4.84. The summed E-state index contributed by atoms with van der Waals surface area (Å²) in [5.74, 6) is 0. The molecule has 0 nitrogen and oxygen atoms in total. The van der Waals surface area contributed by atoms with Crippen LogP contribution in [0, 0.1) is 0 Å². The fraction of sp³-hybridized carbons (Fsp3) is 0.600. The minimum Gasteiger partial charge on any atom is -0.103 e. The molecule has 56 valence electrons. The second-order valence-corrected chi connectivity index (χ2v) is 3.10. The van der Waals surface area contributed by atoms with Crippen molar-refractivity contribution < 1.29 is 0 Å². The van der Waals surface area contributed by atoms with Crippen LogP contribution in [0.15, 0.2) is 23.8 Å². The van der Waals surface area contributed by atoms with E-state index in [2.05, 4.69) is 13.5 Å². The van der Waals surface area contributed by atoms with Crippen LogP contribution in [0.25, 0.3) is 0 Å². The molecule has 0 N–H and O–H groups in total. The molecule has 1 aliphatic rings. The van der Waals surface area contributed by atoms with Crippen LogP contribution in [0.3, 0.4) is 0 Å². The van der Waals surface area contributed by atoms with Gasteiger partial charge >= 0.3 is 0 Å². The molecule has 0 amide bonds. The van der Waals surface area contributed by atoms with Crippen molar-refractivity contribution in [2.45, 2.75) is 39.0 Å². The lowest BCUT2D eigenvalue weighted by atomic mass is 10.1. The molecular formula is C10H16. The highest BCUT2D eigenvalue weighted by atomic mass is 14.2. The van der Waals surface area contributed by atoms with Crippen molar-refractivity contribution in [1.29, 1.82) is 0 Å². The first kappa shape index (κ1) is 7.59. The molecule has 0 heterocycles. The first-order valence-electron chi connectivity index (χ1n) is 4.13. The van der Waals surface area contributed by atoms with Crippen LogP contribution in [-0.2, 0) is 0 Å². The van der Waals surface area contributed by atoms with Gasteiger partial charge in [-0.15, -0.1) is 6.58 Å². The van der Waals surface area contributed by atoms with Gasteiger partial charge in [0.2, 0.25) is 0 Å². The number of hydrogen-bond acceptors (Lipinski definition) is 0. The summed E-state index contributed by atoms with van der Waals surface area (Å²) in [6, 6.07) is 0. The van der Waals surface area contributed by atoms with E-state index < -0.39 is 0 Å². The van der Waals surface area contributed by atoms with E-state index in [4.69, 9.17) is 0 Å². The van der Waals surface area contributed by atoms with Crippen molar-refractivity contribution in [1.82, 2.24) is 0 Å². The Labute approximate surface area is 63.6 Å². The van der Waals surface area contributed by atoms with E-state index in [0.717, 1.165) is 0 Å². The molecule has 1 rings (SSSR count). The normalized spacial score (nSPS) is 15.7. The third kappa shape index (κ3) is 2.38. The Bertz CT molecular complexity index is 151. The second kappa shape index (κ2) is 3.60. The van der Waals surface area contributed by atoms with Crippen LogP contribution < -0.4 is 0 Å². The van der Waals surface area contributed by atoms with Gasteiger partial charge in [-0.2, -0.15) is 0 Å². The molecule has 1 aliphatic carbocycles. The number of unbranched alkanes of at least 4 members (excludes halogenated alkanes) is 2. The molecule has 0 aliphatic heterocycles. The van der Waals surface area contributed by atoms with Gasteiger partial charge in [-0.1, -0.05) is 17.2 Å². The number of allylic oxidation sites excluding steroid dienone is 3. The van der Waals surface area contributed by atoms with Crippen LogP contribution in [-0.4, -0.2) is 0 Å². The van der Waals surface area contributed by atoms with Crippen molar-refractivity contribution in [3.05, 3.63) is 23.8 Å². The highest BCUT2D eigenvalue weighted by Crippen LogP contribution is 2.34. The van der Waals surface area contributed by atoms with Gasteiger partial charge in [0.15, 0.2) is 0 Å². The molecule has 0 saturated heterocycles. The van der Waals surface area contributed by atoms with Crippen LogP contribution in [0.1, 0.15) is 39.0 Å². The smallest absolute Gasteiger partial charge is 0.0106 e. The van der Waals surface area contributed by atoms with Crippen LogP contribution >= 0.6 is 0 Å². The monoisotopic (exact) mass is 136 g/mol. The van der Waals surface area contributed by atoms with E-state index in [-0.39, 0.29) is 0 Å². The summed E-state index contributed by atoms with van der Waals surface area (Å²) in [5.41, 5.74) is 3.35. The summed E-state index contributed by atoms with van der Waals surface area (Å²) in [4.78, 5) is 0. The van der Waals surface area contributed by atoms with Gasteiger partial charge in [0, 0.05) is 0 Å². The van der Waals surface area contributed by atoms with Gasteiger partial charge < -0.3 is 0 Å². The zero-order valence-electron chi connectivity index (χ0n) is 6.82. The van der Waals surface area contributed by atoms with Gasteiger partial charge in [0.1, 0.15) is 0 Å². The molecule has 0 aromatic rings. The average Bonchev–Trinajstić information content (AvgIpc) is 2.60. The summed E-state index contributed by atoms with van der Waals surface area (Å²) in [6.07, 6.45) is 8.55. The van der Waals surface area contributed by atoms with Gasteiger partial charge in [-0.3, -0.25) is 0 Å². The lowest BCUT2D eigenvalue weighted by Crippen LogP contribution is -1.72. The third-order valence-corrected chi connectivity index (χ3v) is 2.09. The van der Waals surface area contributed by atoms with Crippen molar-refractivity contribution in [3.63, 3.8) is 0 Å². The standard InChI is InChI=1S/C10H16/c1-3-4-5-6-7-10-8-9(10)2/h3H,1,4-8H2,2H3. The first-order valence-corrected chi connectivity index (χ1v) is 4.13. The van der Waals surface area contributed by atoms with E-state index in [0.29, 0.717) is 0 Å². The quantitative estimate of drug-likeness (QED) is 0.401.